The molecule has 0 aromatic heterocycles. The van der Waals surface area contributed by atoms with Crippen molar-refractivity contribution in [1.29, 1.82) is 0 Å². The first kappa shape index (κ1) is 12.0. The summed E-state index contributed by atoms with van der Waals surface area (Å²) < 4.78 is 13.1. The van der Waals surface area contributed by atoms with Crippen LogP contribution in [0.5, 0.6) is 0 Å². The number of benzene rings is 2. The highest BCUT2D eigenvalue weighted by Crippen LogP contribution is 2.20. The molecule has 18 heavy (non-hydrogen) atoms. The molecule has 1 N–H and O–H groups in total. The van der Waals surface area contributed by atoms with Crippen molar-refractivity contribution < 1.29 is 14.3 Å². The first-order valence-corrected chi connectivity index (χ1v) is 5.42. The Morgan fingerprint density at radius 3 is 2.39 bits per heavy atom. The summed E-state index contributed by atoms with van der Waals surface area (Å²) in [6, 6.07) is 13.6. The van der Waals surface area contributed by atoms with E-state index in [0.29, 0.717) is 0 Å². The molecule has 0 bridgehead atoms. The standard InChI is InChI=1S/C15H11FO2/c16-14-3-1-2-13(10-14)12-7-4-11(5-8-12)6-9-15(17)18/h1-10H,(H,17,18)/b9-6+. The van der Waals surface area contributed by atoms with Crippen LogP contribution in [0.4, 0.5) is 4.39 Å². The predicted molar refractivity (Wildman–Crippen MR) is 68.5 cm³/mol. The van der Waals surface area contributed by atoms with Crippen LogP contribution >= 0.6 is 0 Å². The van der Waals surface area contributed by atoms with E-state index in [9.17, 15) is 9.18 Å². The summed E-state index contributed by atoms with van der Waals surface area (Å²) >= 11 is 0. The van der Waals surface area contributed by atoms with Gasteiger partial charge in [0.15, 0.2) is 0 Å². The van der Waals surface area contributed by atoms with Gasteiger partial charge in [-0.2, -0.15) is 0 Å². The van der Waals surface area contributed by atoms with Gasteiger partial charge in [-0.15, -0.1) is 0 Å². The number of aliphatic carboxylic acids is 1. The summed E-state index contributed by atoms with van der Waals surface area (Å²) in [7, 11) is 0. The van der Waals surface area contributed by atoms with Crippen molar-refractivity contribution in [3.63, 3.8) is 0 Å². The Kier molecular flexibility index (Phi) is 3.53. The molecule has 0 saturated heterocycles. The molecule has 3 heteroatoms. The van der Waals surface area contributed by atoms with Crippen LogP contribution in [-0.2, 0) is 4.79 Å². The van der Waals surface area contributed by atoms with Crippen molar-refractivity contribution in [2.45, 2.75) is 0 Å². The van der Waals surface area contributed by atoms with Gasteiger partial charge in [0.2, 0.25) is 0 Å². The lowest BCUT2D eigenvalue weighted by molar-refractivity contribution is -0.131. The minimum Gasteiger partial charge on any atom is -0.478 e. The molecule has 90 valence electrons. The largest absolute Gasteiger partial charge is 0.478 e. The summed E-state index contributed by atoms with van der Waals surface area (Å²) in [5, 5.41) is 8.51. The number of carboxylic acids is 1. The second-order valence-corrected chi connectivity index (χ2v) is 3.80. The normalized spacial score (nSPS) is 10.7. The van der Waals surface area contributed by atoms with Crippen molar-refractivity contribution in [3.05, 3.63) is 66.0 Å². The van der Waals surface area contributed by atoms with Crippen LogP contribution in [0.1, 0.15) is 5.56 Å². The van der Waals surface area contributed by atoms with Crippen LogP contribution in [0.25, 0.3) is 17.2 Å². The van der Waals surface area contributed by atoms with E-state index in [0.717, 1.165) is 22.8 Å². The molecule has 2 aromatic carbocycles. The highest BCUT2D eigenvalue weighted by atomic mass is 19.1. The lowest BCUT2D eigenvalue weighted by Gasteiger charge is -2.02. The topological polar surface area (TPSA) is 37.3 Å². The minimum atomic E-state index is -0.982. The van der Waals surface area contributed by atoms with Gasteiger partial charge in [0.1, 0.15) is 5.82 Å². The zero-order valence-corrected chi connectivity index (χ0v) is 9.51. The molecule has 0 aliphatic carbocycles. The Morgan fingerprint density at radius 1 is 1.06 bits per heavy atom. The minimum absolute atomic E-state index is 0.276. The second kappa shape index (κ2) is 5.27. The van der Waals surface area contributed by atoms with Gasteiger partial charge in [-0.1, -0.05) is 36.4 Å². The van der Waals surface area contributed by atoms with Crippen molar-refractivity contribution in [2.75, 3.05) is 0 Å². The number of halogens is 1. The van der Waals surface area contributed by atoms with Gasteiger partial charge < -0.3 is 5.11 Å². The zero-order chi connectivity index (χ0) is 13.0. The molecule has 2 aromatic rings. The zero-order valence-electron chi connectivity index (χ0n) is 9.51. The number of hydrogen-bond donors (Lipinski definition) is 1. The maximum absolute atomic E-state index is 13.1. The molecule has 0 unspecified atom stereocenters. The maximum atomic E-state index is 13.1. The molecule has 0 aliphatic heterocycles. The van der Waals surface area contributed by atoms with Crippen LogP contribution in [0.2, 0.25) is 0 Å². The molecule has 0 aliphatic rings. The van der Waals surface area contributed by atoms with E-state index in [4.69, 9.17) is 5.11 Å². The van der Waals surface area contributed by atoms with E-state index in [2.05, 4.69) is 0 Å². The quantitative estimate of drug-likeness (QED) is 0.835. The number of hydrogen-bond acceptors (Lipinski definition) is 1. The van der Waals surface area contributed by atoms with E-state index in [-0.39, 0.29) is 5.82 Å². The summed E-state index contributed by atoms with van der Waals surface area (Å²) in [5.41, 5.74) is 2.48. The van der Waals surface area contributed by atoms with Crippen molar-refractivity contribution in [1.82, 2.24) is 0 Å². The fraction of sp³-hybridized carbons (Fsp3) is 0. The Morgan fingerprint density at radius 2 is 1.78 bits per heavy atom. The Labute approximate surface area is 104 Å². The molecule has 0 saturated carbocycles. The highest BCUT2D eigenvalue weighted by Gasteiger charge is 1.98. The van der Waals surface area contributed by atoms with Gasteiger partial charge in [0.05, 0.1) is 0 Å². The van der Waals surface area contributed by atoms with Crippen molar-refractivity contribution in [2.24, 2.45) is 0 Å². The van der Waals surface area contributed by atoms with Crippen LogP contribution in [0.15, 0.2) is 54.6 Å². The Balaban J connectivity index is 2.25. The highest BCUT2D eigenvalue weighted by molar-refractivity contribution is 5.85. The molecule has 0 heterocycles. The van der Waals surface area contributed by atoms with E-state index in [1.165, 1.54) is 18.2 Å². The third-order valence-corrected chi connectivity index (χ3v) is 2.49. The summed E-state index contributed by atoms with van der Waals surface area (Å²) in [4.78, 5) is 10.4. The molecular formula is C15H11FO2. The smallest absolute Gasteiger partial charge is 0.328 e. The van der Waals surface area contributed by atoms with Crippen molar-refractivity contribution >= 4 is 12.0 Å². The summed E-state index contributed by atoms with van der Waals surface area (Å²) in [5.74, 6) is -1.26. The first-order chi connectivity index (χ1) is 8.65. The number of carboxylic acid groups (broad SMARTS) is 1. The number of carbonyl (C=O) groups is 1. The molecule has 0 spiro atoms. The fourth-order valence-corrected chi connectivity index (χ4v) is 1.62. The average Bonchev–Trinajstić information content (AvgIpc) is 2.37. The fourth-order valence-electron chi connectivity index (χ4n) is 1.62. The van der Waals surface area contributed by atoms with Gasteiger partial charge in [-0.05, 0) is 34.9 Å². The van der Waals surface area contributed by atoms with Crippen LogP contribution in [0, 0.1) is 5.82 Å². The molecular weight excluding hydrogens is 231 g/mol. The molecule has 2 nitrogen and oxygen atoms in total. The maximum Gasteiger partial charge on any atom is 0.328 e. The van der Waals surface area contributed by atoms with E-state index in [1.807, 2.05) is 18.2 Å². The monoisotopic (exact) mass is 242 g/mol. The second-order valence-electron chi connectivity index (χ2n) is 3.80. The van der Waals surface area contributed by atoms with Crippen molar-refractivity contribution in [3.8, 4) is 11.1 Å². The van der Waals surface area contributed by atoms with Gasteiger partial charge in [-0.3, -0.25) is 0 Å². The average molecular weight is 242 g/mol. The molecule has 0 fully saturated rings. The number of rotatable bonds is 3. The molecule has 0 atom stereocenters. The van der Waals surface area contributed by atoms with Crippen LogP contribution in [0.3, 0.4) is 0 Å². The molecule has 0 amide bonds. The molecule has 2 rings (SSSR count). The SMILES string of the molecule is O=C(O)/C=C/c1ccc(-c2cccc(F)c2)cc1. The van der Waals surface area contributed by atoms with Gasteiger partial charge >= 0.3 is 5.97 Å². The van der Waals surface area contributed by atoms with E-state index < -0.39 is 5.97 Å². The lowest BCUT2D eigenvalue weighted by atomic mass is 10.0. The van der Waals surface area contributed by atoms with Crippen LogP contribution < -0.4 is 0 Å². The summed E-state index contributed by atoms with van der Waals surface area (Å²) in [6.45, 7) is 0. The summed E-state index contributed by atoms with van der Waals surface area (Å²) in [6.07, 6.45) is 2.59. The van der Waals surface area contributed by atoms with Gasteiger partial charge in [-0.25, -0.2) is 9.18 Å². The third kappa shape index (κ3) is 3.04. The van der Waals surface area contributed by atoms with Gasteiger partial charge in [0.25, 0.3) is 0 Å². The van der Waals surface area contributed by atoms with E-state index >= 15 is 0 Å². The van der Waals surface area contributed by atoms with Crippen LogP contribution in [-0.4, -0.2) is 11.1 Å². The lowest BCUT2D eigenvalue weighted by Crippen LogP contribution is -1.85. The van der Waals surface area contributed by atoms with E-state index in [1.54, 1.807) is 18.2 Å². The molecule has 0 radical (unpaired) electrons. The Bertz CT molecular complexity index is 586. The van der Waals surface area contributed by atoms with Gasteiger partial charge in [0, 0.05) is 6.08 Å². The Hall–Kier alpha value is -2.42. The predicted octanol–water partition coefficient (Wildman–Crippen LogP) is 3.59. The third-order valence-electron chi connectivity index (χ3n) is 2.49. The first-order valence-electron chi connectivity index (χ1n) is 5.42.